The van der Waals surface area contributed by atoms with E-state index in [0.717, 1.165) is 50.3 Å². The summed E-state index contributed by atoms with van der Waals surface area (Å²) in [6.45, 7) is 3.94. The molecule has 1 aromatic rings. The third kappa shape index (κ3) is 4.07. The lowest BCUT2D eigenvalue weighted by atomic mass is 10.1. The topological polar surface area (TPSA) is 61.9 Å². The second kappa shape index (κ2) is 7.37. The van der Waals surface area contributed by atoms with Crippen LogP contribution in [0.3, 0.4) is 0 Å². The van der Waals surface area contributed by atoms with Crippen LogP contribution < -0.4 is 5.32 Å². The summed E-state index contributed by atoms with van der Waals surface area (Å²) >= 11 is 0. The normalized spacial score (nSPS) is 26.3. The van der Waals surface area contributed by atoms with Crippen molar-refractivity contribution in [3.05, 3.63) is 29.8 Å². The zero-order valence-electron chi connectivity index (χ0n) is 15.3. The monoisotopic (exact) mass is 357 g/mol. The lowest BCUT2D eigenvalue weighted by Crippen LogP contribution is -2.45. The first-order chi connectivity index (χ1) is 12.6. The first-order valence-corrected chi connectivity index (χ1v) is 9.54. The van der Waals surface area contributed by atoms with E-state index < -0.39 is 0 Å². The third-order valence-corrected chi connectivity index (χ3v) is 5.62. The van der Waals surface area contributed by atoms with Gasteiger partial charge in [0.25, 0.3) is 0 Å². The molecule has 2 heterocycles. The zero-order chi connectivity index (χ0) is 18.1. The minimum Gasteiger partial charge on any atom is -0.379 e. The number of hydrogen-bond donors (Lipinski definition) is 1. The quantitative estimate of drug-likeness (QED) is 0.884. The molecule has 1 aromatic carbocycles. The van der Waals surface area contributed by atoms with Crippen molar-refractivity contribution < 1.29 is 14.3 Å². The molecule has 1 aliphatic carbocycles. The van der Waals surface area contributed by atoms with Gasteiger partial charge in [-0.05, 0) is 37.6 Å². The summed E-state index contributed by atoms with van der Waals surface area (Å²) in [5, 5.41) is 2.93. The lowest BCUT2D eigenvalue weighted by Gasteiger charge is -2.29. The summed E-state index contributed by atoms with van der Waals surface area (Å²) in [5.41, 5.74) is 1.79. The van der Waals surface area contributed by atoms with E-state index in [1.807, 2.05) is 29.2 Å². The van der Waals surface area contributed by atoms with Crippen LogP contribution in [0.1, 0.15) is 18.4 Å². The first kappa shape index (κ1) is 17.5. The number of rotatable bonds is 4. The second-order valence-corrected chi connectivity index (χ2v) is 7.93. The number of hydrogen-bond acceptors (Lipinski definition) is 4. The largest absolute Gasteiger partial charge is 0.379 e. The molecule has 26 heavy (non-hydrogen) atoms. The molecule has 3 aliphatic rings. The molecule has 2 bridgehead atoms. The highest BCUT2D eigenvalue weighted by molar-refractivity contribution is 5.94. The molecule has 0 spiro atoms. The Hall–Kier alpha value is -1.92. The lowest BCUT2D eigenvalue weighted by molar-refractivity contribution is -0.132. The van der Waals surface area contributed by atoms with Crippen LogP contribution in [0.15, 0.2) is 24.3 Å². The number of nitrogens with zero attached hydrogens (tertiary/aromatic N) is 2. The fraction of sp³-hybridized carbons (Fsp3) is 0.600. The van der Waals surface area contributed by atoms with E-state index >= 15 is 0 Å². The van der Waals surface area contributed by atoms with Gasteiger partial charge in [-0.2, -0.15) is 0 Å². The molecule has 0 unspecified atom stereocenters. The minimum atomic E-state index is 0.108. The summed E-state index contributed by atoms with van der Waals surface area (Å²) in [6.07, 6.45) is 2.40. The molecule has 4 rings (SSSR count). The third-order valence-electron chi connectivity index (χ3n) is 5.62. The van der Waals surface area contributed by atoms with Gasteiger partial charge in [0, 0.05) is 37.2 Å². The van der Waals surface area contributed by atoms with Crippen LogP contribution in [-0.2, 0) is 20.7 Å². The molecule has 1 N–H and O–H groups in total. The van der Waals surface area contributed by atoms with E-state index in [9.17, 15) is 9.59 Å². The fourth-order valence-electron chi connectivity index (χ4n) is 3.84. The van der Waals surface area contributed by atoms with E-state index in [1.165, 1.54) is 0 Å². The Kier molecular flexibility index (Phi) is 4.96. The minimum absolute atomic E-state index is 0.108. The Labute approximate surface area is 154 Å². The van der Waals surface area contributed by atoms with Crippen molar-refractivity contribution >= 4 is 17.5 Å². The molecular formula is C20H27N3O3. The van der Waals surface area contributed by atoms with Gasteiger partial charge in [-0.1, -0.05) is 12.1 Å². The van der Waals surface area contributed by atoms with Crippen LogP contribution in [0.5, 0.6) is 0 Å². The SMILES string of the molecule is CN1C[C@H]2COC[C@@H]1CN(C(=O)Cc1ccc(NC(=O)C3CC3)cc1)C2. The standard InChI is InChI=1S/C20H27N3O3/c1-22-9-15-10-23(11-18(22)13-26-12-15)19(24)8-14-2-6-17(7-3-14)21-20(25)16-4-5-16/h2-3,6-7,15-16,18H,4-5,8-13H2,1H3,(H,21,25)/t15-,18+/m1/s1. The molecule has 6 heteroatoms. The molecule has 140 valence electrons. The predicted molar refractivity (Wildman–Crippen MR) is 98.8 cm³/mol. The number of likely N-dealkylation sites (N-methyl/N-ethyl adjacent to an activating group) is 1. The van der Waals surface area contributed by atoms with E-state index in [4.69, 9.17) is 4.74 Å². The van der Waals surface area contributed by atoms with Gasteiger partial charge in [0.15, 0.2) is 0 Å². The van der Waals surface area contributed by atoms with Crippen molar-refractivity contribution in [2.24, 2.45) is 11.8 Å². The molecule has 3 fully saturated rings. The van der Waals surface area contributed by atoms with Crippen LogP contribution in [-0.4, -0.2) is 67.6 Å². The average molecular weight is 357 g/mol. The number of amides is 2. The number of fused-ring (bicyclic) bond motifs is 3. The average Bonchev–Trinajstić information content (AvgIpc) is 3.43. The predicted octanol–water partition coefficient (Wildman–Crippen LogP) is 1.37. The summed E-state index contributed by atoms with van der Waals surface area (Å²) in [6, 6.07) is 7.94. The molecule has 2 saturated heterocycles. The molecule has 1 saturated carbocycles. The van der Waals surface area contributed by atoms with Crippen LogP contribution in [0, 0.1) is 11.8 Å². The van der Waals surface area contributed by atoms with Crippen molar-refractivity contribution in [1.29, 1.82) is 0 Å². The Morgan fingerprint density at radius 3 is 2.62 bits per heavy atom. The summed E-state index contributed by atoms with van der Waals surface area (Å²) in [5.74, 6) is 0.862. The fourth-order valence-corrected chi connectivity index (χ4v) is 3.84. The Morgan fingerprint density at radius 1 is 1.12 bits per heavy atom. The van der Waals surface area contributed by atoms with Gasteiger partial charge in [0.1, 0.15) is 0 Å². The highest BCUT2D eigenvalue weighted by atomic mass is 16.5. The van der Waals surface area contributed by atoms with Crippen molar-refractivity contribution in [1.82, 2.24) is 9.80 Å². The number of ether oxygens (including phenoxy) is 1. The molecule has 2 atom stereocenters. The molecule has 0 radical (unpaired) electrons. The van der Waals surface area contributed by atoms with E-state index in [-0.39, 0.29) is 23.8 Å². The highest BCUT2D eigenvalue weighted by Crippen LogP contribution is 2.30. The van der Waals surface area contributed by atoms with Gasteiger partial charge in [-0.25, -0.2) is 0 Å². The van der Waals surface area contributed by atoms with Crippen molar-refractivity contribution in [3.8, 4) is 0 Å². The van der Waals surface area contributed by atoms with E-state index in [1.54, 1.807) is 0 Å². The number of carbonyl (C=O) groups is 2. The van der Waals surface area contributed by atoms with Crippen LogP contribution in [0.25, 0.3) is 0 Å². The maximum atomic E-state index is 12.8. The maximum Gasteiger partial charge on any atom is 0.227 e. The Bertz CT molecular complexity index is 671. The van der Waals surface area contributed by atoms with Crippen LogP contribution >= 0.6 is 0 Å². The van der Waals surface area contributed by atoms with Crippen LogP contribution in [0.2, 0.25) is 0 Å². The molecule has 2 aliphatic heterocycles. The van der Waals surface area contributed by atoms with Gasteiger partial charge >= 0.3 is 0 Å². The zero-order valence-corrected chi connectivity index (χ0v) is 15.3. The van der Waals surface area contributed by atoms with Gasteiger partial charge in [-0.3, -0.25) is 14.5 Å². The summed E-state index contributed by atoms with van der Waals surface area (Å²) < 4.78 is 5.73. The Balaban J connectivity index is 1.36. The number of nitrogens with one attached hydrogen (secondary N) is 1. The van der Waals surface area contributed by atoms with Crippen molar-refractivity contribution in [2.45, 2.75) is 25.3 Å². The van der Waals surface area contributed by atoms with Gasteiger partial charge < -0.3 is 15.0 Å². The summed E-state index contributed by atoms with van der Waals surface area (Å²) in [7, 11) is 2.12. The van der Waals surface area contributed by atoms with Gasteiger partial charge in [0.05, 0.1) is 25.7 Å². The summed E-state index contributed by atoms with van der Waals surface area (Å²) in [4.78, 5) is 29.0. The van der Waals surface area contributed by atoms with E-state index in [2.05, 4.69) is 17.3 Å². The maximum absolute atomic E-state index is 12.8. The number of carbonyl (C=O) groups excluding carboxylic acids is 2. The van der Waals surface area contributed by atoms with Crippen molar-refractivity contribution in [3.63, 3.8) is 0 Å². The second-order valence-electron chi connectivity index (χ2n) is 7.93. The molecule has 2 amide bonds. The Morgan fingerprint density at radius 2 is 1.88 bits per heavy atom. The van der Waals surface area contributed by atoms with Crippen LogP contribution in [0.4, 0.5) is 5.69 Å². The molecule has 0 aromatic heterocycles. The molecule has 6 nitrogen and oxygen atoms in total. The van der Waals surface area contributed by atoms with Gasteiger partial charge in [0.2, 0.25) is 11.8 Å². The van der Waals surface area contributed by atoms with Crippen molar-refractivity contribution in [2.75, 3.05) is 45.2 Å². The van der Waals surface area contributed by atoms with Gasteiger partial charge in [-0.15, -0.1) is 0 Å². The number of benzene rings is 1. The molecular weight excluding hydrogens is 330 g/mol. The smallest absolute Gasteiger partial charge is 0.227 e. The van der Waals surface area contributed by atoms with E-state index in [0.29, 0.717) is 18.9 Å². The first-order valence-electron chi connectivity index (χ1n) is 9.54. The number of anilines is 1. The highest BCUT2D eigenvalue weighted by Gasteiger charge is 2.33.